The van der Waals surface area contributed by atoms with Gasteiger partial charge in [0.05, 0.1) is 6.33 Å². The fourth-order valence-corrected chi connectivity index (χ4v) is 1.97. The van der Waals surface area contributed by atoms with Gasteiger partial charge in [-0.1, -0.05) is 27.2 Å². The molecule has 0 saturated carbocycles. The van der Waals surface area contributed by atoms with Crippen molar-refractivity contribution in [1.29, 1.82) is 0 Å². The van der Waals surface area contributed by atoms with Crippen LogP contribution in [0.25, 0.3) is 11.2 Å². The highest BCUT2D eigenvalue weighted by Crippen LogP contribution is 2.18. The van der Waals surface area contributed by atoms with Crippen LogP contribution in [0.4, 0.5) is 5.82 Å². The summed E-state index contributed by atoms with van der Waals surface area (Å²) in [4.78, 5) is 12.7. The van der Waals surface area contributed by atoms with Crippen LogP contribution in [0.3, 0.4) is 0 Å². The molecule has 0 aliphatic heterocycles. The molecule has 0 radical (unpaired) electrons. The third kappa shape index (κ3) is 3.66. The Morgan fingerprint density at radius 2 is 2.05 bits per heavy atom. The van der Waals surface area contributed by atoms with Gasteiger partial charge in [0.1, 0.15) is 11.8 Å². The Hall–Kier alpha value is -1.69. The lowest BCUT2D eigenvalue weighted by Gasteiger charge is -2.11. The van der Waals surface area contributed by atoms with Crippen molar-refractivity contribution in [2.75, 3.05) is 19.0 Å². The van der Waals surface area contributed by atoms with Crippen LogP contribution < -0.4 is 5.32 Å². The molecule has 0 aliphatic rings. The van der Waals surface area contributed by atoms with Crippen LogP contribution in [-0.2, 0) is 6.54 Å². The lowest BCUT2D eigenvalue weighted by molar-refractivity contribution is 0.210. The van der Waals surface area contributed by atoms with E-state index in [1.807, 2.05) is 25.5 Å². The van der Waals surface area contributed by atoms with E-state index < -0.39 is 0 Å². The lowest BCUT2D eigenvalue weighted by Crippen LogP contribution is -2.09. The molecule has 0 fully saturated rings. The lowest BCUT2D eigenvalue weighted by atomic mass is 10.0. The van der Waals surface area contributed by atoms with Crippen LogP contribution in [0.2, 0.25) is 0 Å². The first-order valence-corrected chi connectivity index (χ1v) is 7.24. The minimum Gasteiger partial charge on any atom is -0.396 e. The first-order chi connectivity index (χ1) is 9.80. The van der Waals surface area contributed by atoms with Crippen LogP contribution in [0.15, 0.2) is 12.7 Å². The van der Waals surface area contributed by atoms with Gasteiger partial charge in [-0.05, 0) is 12.3 Å². The molecule has 0 amide bonds. The maximum Gasteiger partial charge on any atom is 0.165 e. The molecule has 2 heterocycles. The van der Waals surface area contributed by atoms with E-state index in [9.17, 15) is 5.11 Å². The molecule has 1 atom stereocenters. The van der Waals surface area contributed by atoms with Gasteiger partial charge < -0.3 is 15.0 Å². The molecule has 0 saturated heterocycles. The number of rotatable bonds is 6. The Kier molecular flexibility index (Phi) is 6.93. The van der Waals surface area contributed by atoms with Gasteiger partial charge in [-0.3, -0.25) is 0 Å². The molecule has 2 aromatic rings. The molecule has 1 unspecified atom stereocenters. The Morgan fingerprint density at radius 3 is 2.65 bits per heavy atom. The van der Waals surface area contributed by atoms with Gasteiger partial charge in [0, 0.05) is 20.2 Å². The van der Waals surface area contributed by atoms with Crippen molar-refractivity contribution in [3.05, 3.63) is 12.7 Å². The molecule has 112 valence electrons. The summed E-state index contributed by atoms with van der Waals surface area (Å²) in [5.41, 5.74) is 1.62. The highest BCUT2D eigenvalue weighted by atomic mass is 16.3. The van der Waals surface area contributed by atoms with Gasteiger partial charge in [0.2, 0.25) is 0 Å². The number of fused-ring (bicyclic) bond motifs is 1. The zero-order chi connectivity index (χ0) is 15.0. The van der Waals surface area contributed by atoms with Gasteiger partial charge in [0.25, 0.3) is 0 Å². The van der Waals surface area contributed by atoms with Gasteiger partial charge in [0.15, 0.2) is 11.5 Å². The summed E-state index contributed by atoms with van der Waals surface area (Å²) >= 11 is 0. The molecule has 2 N–H and O–H groups in total. The predicted molar refractivity (Wildman–Crippen MR) is 81.7 cm³/mol. The van der Waals surface area contributed by atoms with Crippen molar-refractivity contribution in [3.63, 3.8) is 0 Å². The minimum absolute atomic E-state index is 0.236. The summed E-state index contributed by atoms with van der Waals surface area (Å²) in [6.07, 6.45) is 5.23. The van der Waals surface area contributed by atoms with E-state index in [4.69, 9.17) is 0 Å². The van der Waals surface area contributed by atoms with Crippen LogP contribution in [0.1, 0.15) is 33.6 Å². The van der Waals surface area contributed by atoms with Crippen LogP contribution in [-0.4, -0.2) is 38.3 Å². The number of aromatic nitrogens is 4. The number of hydrogen-bond donors (Lipinski definition) is 2. The predicted octanol–water partition coefficient (Wildman–Crippen LogP) is 2.30. The average Bonchev–Trinajstić information content (AvgIpc) is 2.93. The number of nitrogens with one attached hydrogen (secondary N) is 1. The van der Waals surface area contributed by atoms with Crippen LogP contribution >= 0.6 is 0 Å². The first kappa shape index (κ1) is 16.4. The maximum atomic E-state index is 9.19. The van der Waals surface area contributed by atoms with E-state index >= 15 is 0 Å². The van der Waals surface area contributed by atoms with E-state index in [1.54, 1.807) is 6.33 Å². The molecule has 0 aliphatic carbocycles. The number of aliphatic hydroxyl groups excluding tert-OH is 1. The molecule has 0 spiro atoms. The number of aryl methyl sites for hydroxylation is 1. The number of imidazole rings is 1. The minimum atomic E-state index is 0.236. The Labute approximate surface area is 120 Å². The third-order valence-corrected chi connectivity index (χ3v) is 3.25. The number of aliphatic hydroxyl groups is 1. The maximum absolute atomic E-state index is 9.19. The van der Waals surface area contributed by atoms with Crippen LogP contribution in [0, 0.1) is 5.92 Å². The van der Waals surface area contributed by atoms with Crippen molar-refractivity contribution in [1.82, 2.24) is 19.5 Å². The van der Waals surface area contributed by atoms with Crippen molar-refractivity contribution in [3.8, 4) is 0 Å². The second-order valence-corrected chi connectivity index (χ2v) is 4.33. The van der Waals surface area contributed by atoms with Crippen molar-refractivity contribution in [2.45, 2.75) is 40.2 Å². The topological polar surface area (TPSA) is 75.9 Å². The Morgan fingerprint density at radius 1 is 1.30 bits per heavy atom. The Balaban J connectivity index is 0.000000956. The summed E-state index contributed by atoms with van der Waals surface area (Å²) < 4.78 is 2.01. The fraction of sp³-hybridized carbons (Fsp3) is 0.643. The Bertz CT molecular complexity index is 507. The molecule has 6 nitrogen and oxygen atoms in total. The van der Waals surface area contributed by atoms with Gasteiger partial charge in [-0.15, -0.1) is 0 Å². The van der Waals surface area contributed by atoms with Gasteiger partial charge in [-0.2, -0.15) is 0 Å². The summed E-state index contributed by atoms with van der Waals surface area (Å²) in [6, 6.07) is 0. The normalized spacial score (nSPS) is 11.8. The molecule has 20 heavy (non-hydrogen) atoms. The van der Waals surface area contributed by atoms with Gasteiger partial charge in [-0.25, -0.2) is 15.0 Å². The zero-order valence-corrected chi connectivity index (χ0v) is 12.8. The second-order valence-electron chi connectivity index (χ2n) is 4.33. The zero-order valence-electron chi connectivity index (χ0n) is 12.8. The van der Waals surface area contributed by atoms with Gasteiger partial charge >= 0.3 is 0 Å². The summed E-state index contributed by atoms with van der Waals surface area (Å²) in [5.74, 6) is 1.08. The van der Waals surface area contributed by atoms with Crippen LogP contribution in [0.5, 0.6) is 0 Å². The highest BCUT2D eigenvalue weighted by Gasteiger charge is 2.10. The standard InChI is InChI=1S/C12H19N5O.C2H6/c1-3-9(6-18)4-5-17-8-16-10-11(13-2)14-7-15-12(10)17;1-2/h7-9,18H,3-6H2,1-2H3,(H,13,14,15);1-2H3. The van der Waals surface area contributed by atoms with Crippen molar-refractivity contribution in [2.24, 2.45) is 5.92 Å². The molecule has 0 bridgehead atoms. The molecule has 0 aromatic carbocycles. The fourth-order valence-electron chi connectivity index (χ4n) is 1.97. The monoisotopic (exact) mass is 279 g/mol. The number of anilines is 1. The average molecular weight is 279 g/mol. The molecule has 6 heteroatoms. The van der Waals surface area contributed by atoms with E-state index in [-0.39, 0.29) is 6.61 Å². The molecular formula is C14H25N5O. The van der Waals surface area contributed by atoms with E-state index in [0.29, 0.717) is 5.92 Å². The van der Waals surface area contributed by atoms with Crippen molar-refractivity contribution >= 4 is 17.0 Å². The first-order valence-electron chi connectivity index (χ1n) is 7.24. The highest BCUT2D eigenvalue weighted by molar-refractivity contribution is 5.82. The number of nitrogens with zero attached hydrogens (tertiary/aromatic N) is 4. The molecule has 2 aromatic heterocycles. The SMILES string of the molecule is CC.CCC(CO)CCn1cnc2c(NC)ncnc21. The third-order valence-electron chi connectivity index (χ3n) is 3.25. The summed E-state index contributed by atoms with van der Waals surface area (Å²) in [6.45, 7) is 7.14. The molecular weight excluding hydrogens is 254 g/mol. The van der Waals surface area contributed by atoms with E-state index in [1.165, 1.54) is 6.33 Å². The smallest absolute Gasteiger partial charge is 0.165 e. The summed E-state index contributed by atoms with van der Waals surface area (Å²) in [5, 5.41) is 12.2. The summed E-state index contributed by atoms with van der Waals surface area (Å²) in [7, 11) is 1.82. The number of hydrogen-bond acceptors (Lipinski definition) is 5. The van der Waals surface area contributed by atoms with E-state index in [2.05, 4.69) is 27.2 Å². The second kappa shape index (κ2) is 8.47. The largest absolute Gasteiger partial charge is 0.396 e. The van der Waals surface area contributed by atoms with Crippen molar-refractivity contribution < 1.29 is 5.11 Å². The quantitative estimate of drug-likeness (QED) is 0.848. The molecule has 2 rings (SSSR count). The van der Waals surface area contributed by atoms with E-state index in [0.717, 1.165) is 36.4 Å².